The van der Waals surface area contributed by atoms with Gasteiger partial charge in [-0.2, -0.15) is 0 Å². The molecule has 0 rings (SSSR count). The molecule has 5 heteroatoms. The SMILES string of the molecule is C=C(C)C(=O)O.C=CC(=O)OCCN(C)C. The molecule has 0 unspecified atom stereocenters. The van der Waals surface area contributed by atoms with Crippen molar-refractivity contribution in [1.82, 2.24) is 4.90 Å². The van der Waals surface area contributed by atoms with E-state index in [-0.39, 0.29) is 11.5 Å². The minimum Gasteiger partial charge on any atom is -0.478 e. The Bertz CT molecular complexity index is 247. The van der Waals surface area contributed by atoms with Crippen LogP contribution in [0.5, 0.6) is 0 Å². The maximum Gasteiger partial charge on any atom is 0.330 e. The summed E-state index contributed by atoms with van der Waals surface area (Å²) in [6.07, 6.45) is 1.16. The Balaban J connectivity index is 0. The molecule has 0 aliphatic rings. The number of rotatable bonds is 5. The summed E-state index contributed by atoms with van der Waals surface area (Å²) in [5.74, 6) is -1.29. The van der Waals surface area contributed by atoms with E-state index in [9.17, 15) is 9.59 Å². The molecule has 0 bridgehead atoms. The average Bonchev–Trinajstić information content (AvgIpc) is 2.17. The molecule has 0 saturated carbocycles. The number of esters is 1. The molecule has 0 aliphatic carbocycles. The highest BCUT2D eigenvalue weighted by Crippen LogP contribution is 1.81. The van der Waals surface area contributed by atoms with Gasteiger partial charge < -0.3 is 14.7 Å². The fraction of sp³-hybridized carbons (Fsp3) is 0.455. The molecular weight excluding hydrogens is 210 g/mol. The van der Waals surface area contributed by atoms with Crippen molar-refractivity contribution in [1.29, 1.82) is 0 Å². The minimum absolute atomic E-state index is 0.176. The van der Waals surface area contributed by atoms with Crippen LogP contribution in [0, 0.1) is 0 Å². The van der Waals surface area contributed by atoms with Gasteiger partial charge in [-0.1, -0.05) is 13.2 Å². The first-order chi connectivity index (χ1) is 7.31. The first kappa shape index (κ1) is 16.8. The molecule has 0 saturated heterocycles. The second-order valence-corrected chi connectivity index (χ2v) is 3.26. The number of likely N-dealkylation sites (N-methyl/N-ethyl adjacent to an activating group) is 1. The van der Waals surface area contributed by atoms with Gasteiger partial charge in [0, 0.05) is 18.2 Å². The highest BCUT2D eigenvalue weighted by Gasteiger charge is 1.94. The van der Waals surface area contributed by atoms with Gasteiger partial charge >= 0.3 is 11.9 Å². The van der Waals surface area contributed by atoms with Gasteiger partial charge in [0.15, 0.2) is 0 Å². The van der Waals surface area contributed by atoms with E-state index in [1.54, 1.807) is 0 Å². The second-order valence-electron chi connectivity index (χ2n) is 3.26. The fourth-order valence-electron chi connectivity index (χ4n) is 0.388. The molecule has 0 aromatic carbocycles. The number of carbonyl (C=O) groups is 2. The van der Waals surface area contributed by atoms with Gasteiger partial charge in [0.1, 0.15) is 6.61 Å². The standard InChI is InChI=1S/C7H13NO2.C4H6O2/c1-4-7(9)10-6-5-8(2)3;1-3(2)4(5)6/h4H,1,5-6H2,2-3H3;1H2,2H3,(H,5,6). The first-order valence-electron chi connectivity index (χ1n) is 4.64. The Hall–Kier alpha value is -1.62. The molecule has 16 heavy (non-hydrogen) atoms. The molecule has 1 N–H and O–H groups in total. The fourth-order valence-corrected chi connectivity index (χ4v) is 0.388. The van der Waals surface area contributed by atoms with E-state index in [4.69, 9.17) is 9.84 Å². The third kappa shape index (κ3) is 14.9. The van der Waals surface area contributed by atoms with Crippen molar-refractivity contribution in [2.24, 2.45) is 0 Å². The van der Waals surface area contributed by atoms with Crippen molar-refractivity contribution in [3.63, 3.8) is 0 Å². The van der Waals surface area contributed by atoms with Crippen LogP contribution >= 0.6 is 0 Å². The number of ether oxygens (including phenoxy) is 1. The molecule has 0 amide bonds. The van der Waals surface area contributed by atoms with E-state index < -0.39 is 5.97 Å². The number of hydrogen-bond acceptors (Lipinski definition) is 4. The number of nitrogens with zero attached hydrogens (tertiary/aromatic N) is 1. The summed E-state index contributed by atoms with van der Waals surface area (Å²) in [5.41, 5.74) is 0.176. The second kappa shape index (κ2) is 9.92. The first-order valence-corrected chi connectivity index (χ1v) is 4.64. The molecule has 0 aromatic heterocycles. The molecule has 0 aromatic rings. The number of carbonyl (C=O) groups excluding carboxylic acids is 1. The lowest BCUT2D eigenvalue weighted by Crippen LogP contribution is -2.19. The smallest absolute Gasteiger partial charge is 0.330 e. The van der Waals surface area contributed by atoms with Crippen LogP contribution in [0.25, 0.3) is 0 Å². The van der Waals surface area contributed by atoms with Crippen LogP contribution < -0.4 is 0 Å². The predicted octanol–water partition coefficient (Wildman–Crippen LogP) is 0.924. The van der Waals surface area contributed by atoms with Crippen molar-refractivity contribution in [3.05, 3.63) is 24.8 Å². The van der Waals surface area contributed by atoms with Crippen LogP contribution in [0.1, 0.15) is 6.92 Å². The maximum absolute atomic E-state index is 10.4. The molecule has 92 valence electrons. The Labute approximate surface area is 96.0 Å². The Kier molecular flexibility index (Phi) is 10.4. The molecule has 0 spiro atoms. The largest absolute Gasteiger partial charge is 0.478 e. The summed E-state index contributed by atoms with van der Waals surface area (Å²) >= 11 is 0. The lowest BCUT2D eigenvalue weighted by molar-refractivity contribution is -0.138. The highest BCUT2D eigenvalue weighted by atomic mass is 16.5. The average molecular weight is 229 g/mol. The third-order valence-corrected chi connectivity index (χ3v) is 1.31. The zero-order chi connectivity index (χ0) is 13.1. The van der Waals surface area contributed by atoms with Crippen LogP contribution in [0.3, 0.4) is 0 Å². The van der Waals surface area contributed by atoms with E-state index in [0.717, 1.165) is 12.6 Å². The zero-order valence-corrected chi connectivity index (χ0v) is 10.0. The zero-order valence-electron chi connectivity index (χ0n) is 10.0. The Morgan fingerprint density at radius 3 is 2.12 bits per heavy atom. The summed E-state index contributed by atoms with van der Waals surface area (Å²) in [5, 5.41) is 7.89. The number of hydrogen-bond donors (Lipinski definition) is 1. The summed E-state index contributed by atoms with van der Waals surface area (Å²) in [6.45, 7) is 9.05. The van der Waals surface area contributed by atoms with Crippen LogP contribution in [0.2, 0.25) is 0 Å². The van der Waals surface area contributed by atoms with Gasteiger partial charge in [-0.3, -0.25) is 0 Å². The quantitative estimate of drug-likeness (QED) is 0.561. The molecular formula is C11H19NO4. The van der Waals surface area contributed by atoms with Crippen molar-refractivity contribution < 1.29 is 19.4 Å². The molecule has 0 fully saturated rings. The van der Waals surface area contributed by atoms with Gasteiger partial charge in [0.2, 0.25) is 0 Å². The molecule has 5 nitrogen and oxygen atoms in total. The van der Waals surface area contributed by atoms with Crippen LogP contribution in [0.15, 0.2) is 24.8 Å². The van der Waals surface area contributed by atoms with Gasteiger partial charge in [-0.25, -0.2) is 9.59 Å². The van der Waals surface area contributed by atoms with E-state index in [0.29, 0.717) is 6.61 Å². The van der Waals surface area contributed by atoms with Crippen LogP contribution in [-0.4, -0.2) is 49.2 Å². The highest BCUT2D eigenvalue weighted by molar-refractivity contribution is 5.84. The topological polar surface area (TPSA) is 66.8 Å². The summed E-state index contributed by atoms with van der Waals surface area (Å²) in [7, 11) is 3.84. The van der Waals surface area contributed by atoms with Crippen molar-refractivity contribution in [3.8, 4) is 0 Å². The lowest BCUT2D eigenvalue weighted by atomic mass is 10.4. The van der Waals surface area contributed by atoms with E-state index in [2.05, 4.69) is 13.2 Å². The summed E-state index contributed by atoms with van der Waals surface area (Å²) in [4.78, 5) is 22.0. The Morgan fingerprint density at radius 2 is 1.88 bits per heavy atom. The Morgan fingerprint density at radius 1 is 1.44 bits per heavy atom. The van der Waals surface area contributed by atoms with Crippen molar-refractivity contribution >= 4 is 11.9 Å². The molecule has 0 radical (unpaired) electrons. The van der Waals surface area contributed by atoms with Gasteiger partial charge in [0.25, 0.3) is 0 Å². The maximum atomic E-state index is 10.4. The van der Waals surface area contributed by atoms with E-state index in [1.165, 1.54) is 6.92 Å². The number of carboxylic acid groups (broad SMARTS) is 1. The van der Waals surface area contributed by atoms with E-state index >= 15 is 0 Å². The van der Waals surface area contributed by atoms with E-state index in [1.807, 2.05) is 19.0 Å². The normalized spacial score (nSPS) is 8.75. The van der Waals surface area contributed by atoms with Gasteiger partial charge in [0.05, 0.1) is 0 Å². The van der Waals surface area contributed by atoms with Gasteiger partial charge in [-0.15, -0.1) is 0 Å². The van der Waals surface area contributed by atoms with Gasteiger partial charge in [-0.05, 0) is 21.0 Å². The third-order valence-electron chi connectivity index (χ3n) is 1.31. The minimum atomic E-state index is -0.935. The van der Waals surface area contributed by atoms with Crippen LogP contribution in [-0.2, 0) is 14.3 Å². The summed E-state index contributed by atoms with van der Waals surface area (Å²) < 4.78 is 4.70. The molecule has 0 heterocycles. The molecule has 0 aliphatic heterocycles. The molecule has 0 atom stereocenters. The monoisotopic (exact) mass is 229 g/mol. The number of aliphatic carboxylic acids is 1. The van der Waals surface area contributed by atoms with Crippen molar-refractivity contribution in [2.45, 2.75) is 6.92 Å². The van der Waals surface area contributed by atoms with Crippen LogP contribution in [0.4, 0.5) is 0 Å². The summed E-state index contributed by atoms with van der Waals surface area (Å²) in [6, 6.07) is 0. The lowest BCUT2D eigenvalue weighted by Gasteiger charge is -2.07. The number of carboxylic acids is 1. The predicted molar refractivity (Wildman–Crippen MR) is 62.2 cm³/mol. The van der Waals surface area contributed by atoms with Crippen molar-refractivity contribution in [2.75, 3.05) is 27.2 Å².